The lowest BCUT2D eigenvalue weighted by Crippen LogP contribution is -2.28. The average Bonchev–Trinajstić information content (AvgIpc) is 3.07. The fraction of sp³-hybridized carbons (Fsp3) is 0.471. The number of ether oxygens (including phenoxy) is 1. The number of hydrogen-bond donors (Lipinski definition) is 2. The molecule has 120 valence electrons. The number of pyridine rings is 1. The van der Waals surface area contributed by atoms with E-state index in [1.165, 1.54) is 0 Å². The van der Waals surface area contributed by atoms with Gasteiger partial charge in [-0.1, -0.05) is 0 Å². The Morgan fingerprint density at radius 1 is 1.48 bits per heavy atom. The number of aryl methyl sites for hydroxylation is 2. The first-order valence-electron chi connectivity index (χ1n) is 7.91. The second-order valence-corrected chi connectivity index (χ2v) is 6.02. The summed E-state index contributed by atoms with van der Waals surface area (Å²) in [6.45, 7) is 5.38. The molecule has 0 unspecified atom stereocenters. The maximum Gasteiger partial charge on any atom is 0.144 e. The molecule has 0 aromatic carbocycles. The van der Waals surface area contributed by atoms with E-state index in [1.807, 2.05) is 32.3 Å². The fourth-order valence-corrected chi connectivity index (χ4v) is 3.17. The Balaban J connectivity index is 1.76. The largest absolute Gasteiger partial charge is 0.373 e. The Kier molecular flexibility index (Phi) is 4.58. The molecule has 2 N–H and O–H groups in total. The highest BCUT2D eigenvalue weighted by molar-refractivity contribution is 5.56. The van der Waals surface area contributed by atoms with Crippen LogP contribution in [0.15, 0.2) is 18.5 Å². The van der Waals surface area contributed by atoms with Crippen LogP contribution in [0.2, 0.25) is 0 Å². The van der Waals surface area contributed by atoms with E-state index in [4.69, 9.17) is 4.74 Å². The van der Waals surface area contributed by atoms with E-state index < -0.39 is 0 Å². The molecule has 1 aliphatic heterocycles. The van der Waals surface area contributed by atoms with E-state index in [9.17, 15) is 5.26 Å². The summed E-state index contributed by atoms with van der Waals surface area (Å²) in [5.74, 6) is 0.997. The van der Waals surface area contributed by atoms with E-state index in [2.05, 4.69) is 26.6 Å². The summed E-state index contributed by atoms with van der Waals surface area (Å²) in [5, 5.41) is 19.6. The summed E-state index contributed by atoms with van der Waals surface area (Å²) in [6.07, 6.45) is 5.87. The third-order valence-corrected chi connectivity index (χ3v) is 4.28. The van der Waals surface area contributed by atoms with E-state index in [-0.39, 0.29) is 6.10 Å². The van der Waals surface area contributed by atoms with Gasteiger partial charge in [0.15, 0.2) is 0 Å². The van der Waals surface area contributed by atoms with Gasteiger partial charge >= 0.3 is 0 Å². The maximum absolute atomic E-state index is 9.36. The van der Waals surface area contributed by atoms with Crippen molar-refractivity contribution in [2.45, 2.75) is 32.8 Å². The Bertz CT molecular complexity index is 705. The van der Waals surface area contributed by atoms with Crippen molar-refractivity contribution < 1.29 is 4.74 Å². The van der Waals surface area contributed by atoms with Gasteiger partial charge < -0.3 is 10.1 Å². The molecule has 0 radical (unpaired) electrons. The molecular formula is C17H21N5O. The van der Waals surface area contributed by atoms with Gasteiger partial charge in [-0.2, -0.15) is 10.4 Å². The minimum absolute atomic E-state index is 0.0337. The number of nitrogens with one attached hydrogen (secondary N) is 2. The Hall–Kier alpha value is -2.39. The molecule has 6 nitrogen and oxygen atoms in total. The molecule has 0 saturated carbocycles. The van der Waals surface area contributed by atoms with Crippen LogP contribution in [0.3, 0.4) is 0 Å². The van der Waals surface area contributed by atoms with Crippen LogP contribution in [-0.2, 0) is 4.74 Å². The molecule has 2 aromatic rings. The van der Waals surface area contributed by atoms with E-state index in [0.717, 1.165) is 42.8 Å². The first-order chi connectivity index (χ1) is 11.2. The van der Waals surface area contributed by atoms with E-state index in [1.54, 1.807) is 0 Å². The molecule has 0 aliphatic carbocycles. The van der Waals surface area contributed by atoms with Crippen molar-refractivity contribution in [3.63, 3.8) is 0 Å². The van der Waals surface area contributed by atoms with Gasteiger partial charge in [0.1, 0.15) is 11.9 Å². The molecule has 3 rings (SSSR count). The van der Waals surface area contributed by atoms with Crippen LogP contribution in [0.4, 0.5) is 5.82 Å². The van der Waals surface area contributed by atoms with Crippen LogP contribution in [0, 0.1) is 31.1 Å². The number of anilines is 1. The zero-order valence-corrected chi connectivity index (χ0v) is 13.5. The van der Waals surface area contributed by atoms with Crippen LogP contribution >= 0.6 is 0 Å². The van der Waals surface area contributed by atoms with Gasteiger partial charge in [-0.05, 0) is 38.3 Å². The second-order valence-electron chi connectivity index (χ2n) is 6.02. The molecule has 3 heterocycles. The van der Waals surface area contributed by atoms with Gasteiger partial charge in [-0.25, -0.2) is 4.98 Å². The molecule has 1 aliphatic rings. The molecule has 2 aromatic heterocycles. The summed E-state index contributed by atoms with van der Waals surface area (Å²) >= 11 is 0. The number of rotatable bonds is 4. The second kappa shape index (κ2) is 6.80. The Labute approximate surface area is 135 Å². The minimum Gasteiger partial charge on any atom is -0.373 e. The smallest absolute Gasteiger partial charge is 0.144 e. The summed E-state index contributed by atoms with van der Waals surface area (Å²) in [5.41, 5.74) is 3.56. The van der Waals surface area contributed by atoms with E-state index >= 15 is 0 Å². The Morgan fingerprint density at radius 2 is 2.35 bits per heavy atom. The van der Waals surface area contributed by atoms with Crippen molar-refractivity contribution in [2.75, 3.05) is 18.5 Å². The van der Waals surface area contributed by atoms with Crippen molar-refractivity contribution in [1.82, 2.24) is 15.2 Å². The van der Waals surface area contributed by atoms with Gasteiger partial charge in [0.05, 0.1) is 17.9 Å². The lowest BCUT2D eigenvalue weighted by Gasteiger charge is -2.31. The topological polar surface area (TPSA) is 86.6 Å². The summed E-state index contributed by atoms with van der Waals surface area (Å²) in [6, 6.07) is 4.18. The number of nitrogens with zero attached hydrogens (tertiary/aromatic N) is 3. The third kappa shape index (κ3) is 3.35. The van der Waals surface area contributed by atoms with Crippen molar-refractivity contribution >= 4 is 5.82 Å². The molecule has 2 atom stereocenters. The predicted octanol–water partition coefficient (Wildman–Crippen LogP) is 2.87. The molecule has 0 spiro atoms. The number of hydrogen-bond acceptors (Lipinski definition) is 5. The molecule has 0 bridgehead atoms. The summed E-state index contributed by atoms with van der Waals surface area (Å²) in [7, 11) is 0. The fourth-order valence-electron chi connectivity index (χ4n) is 3.17. The zero-order chi connectivity index (χ0) is 16.2. The summed E-state index contributed by atoms with van der Waals surface area (Å²) < 4.78 is 5.94. The number of nitriles is 1. The molecule has 1 fully saturated rings. The Morgan fingerprint density at radius 3 is 3.09 bits per heavy atom. The molecule has 0 amide bonds. The average molecular weight is 311 g/mol. The molecule has 23 heavy (non-hydrogen) atoms. The van der Waals surface area contributed by atoms with Crippen molar-refractivity contribution in [3.8, 4) is 6.07 Å². The van der Waals surface area contributed by atoms with E-state index in [0.29, 0.717) is 17.3 Å². The van der Waals surface area contributed by atoms with Crippen molar-refractivity contribution in [3.05, 3.63) is 40.8 Å². The quantitative estimate of drug-likeness (QED) is 0.906. The van der Waals surface area contributed by atoms with Crippen LogP contribution in [0.5, 0.6) is 0 Å². The standard InChI is InChI=1S/C17H21N5O/c1-11-6-12(2)22-17(15(11)7-18)19-8-13-4-3-5-23-16(13)14-9-20-21-10-14/h6,9-10,13,16H,3-5,8H2,1-2H3,(H,19,22)(H,20,21)/t13-,16+/m0/s1. The van der Waals surface area contributed by atoms with Gasteiger partial charge in [0.2, 0.25) is 0 Å². The van der Waals surface area contributed by atoms with Crippen molar-refractivity contribution in [2.24, 2.45) is 5.92 Å². The third-order valence-electron chi connectivity index (χ3n) is 4.28. The highest BCUT2D eigenvalue weighted by Crippen LogP contribution is 2.33. The lowest BCUT2D eigenvalue weighted by atomic mass is 9.91. The number of aromatic nitrogens is 3. The first-order valence-corrected chi connectivity index (χ1v) is 7.91. The minimum atomic E-state index is 0.0337. The highest BCUT2D eigenvalue weighted by atomic mass is 16.5. The number of aromatic amines is 1. The lowest BCUT2D eigenvalue weighted by molar-refractivity contribution is -0.0238. The molecular weight excluding hydrogens is 290 g/mol. The maximum atomic E-state index is 9.36. The first kappa shape index (κ1) is 15.5. The van der Waals surface area contributed by atoms with Crippen LogP contribution in [0.25, 0.3) is 0 Å². The molecule has 6 heteroatoms. The van der Waals surface area contributed by atoms with Gasteiger partial charge in [-0.3, -0.25) is 5.10 Å². The number of H-pyrrole nitrogens is 1. The monoisotopic (exact) mass is 311 g/mol. The predicted molar refractivity (Wildman–Crippen MR) is 86.9 cm³/mol. The van der Waals surface area contributed by atoms with Gasteiger partial charge in [-0.15, -0.1) is 0 Å². The van der Waals surface area contributed by atoms with Gasteiger partial charge in [0, 0.05) is 36.5 Å². The zero-order valence-electron chi connectivity index (χ0n) is 13.5. The van der Waals surface area contributed by atoms with Crippen LogP contribution < -0.4 is 5.32 Å². The van der Waals surface area contributed by atoms with Crippen molar-refractivity contribution in [1.29, 1.82) is 5.26 Å². The highest BCUT2D eigenvalue weighted by Gasteiger charge is 2.28. The SMILES string of the molecule is Cc1cc(C)c(C#N)c(NC[C@@H]2CCCO[C@H]2c2cn[nH]c2)n1. The van der Waals surface area contributed by atoms with Crippen LogP contribution in [-0.4, -0.2) is 28.3 Å². The molecule has 1 saturated heterocycles. The van der Waals surface area contributed by atoms with Crippen LogP contribution in [0.1, 0.15) is 41.3 Å². The summed E-state index contributed by atoms with van der Waals surface area (Å²) in [4.78, 5) is 4.48. The normalized spacial score (nSPS) is 20.9. The van der Waals surface area contributed by atoms with Gasteiger partial charge in [0.25, 0.3) is 0 Å².